The second kappa shape index (κ2) is 9.98. The number of hydrogen-bond acceptors (Lipinski definition) is 6. The second-order valence-corrected chi connectivity index (χ2v) is 11.3. The molecule has 0 amide bonds. The van der Waals surface area contributed by atoms with Crippen molar-refractivity contribution in [3.63, 3.8) is 0 Å². The van der Waals surface area contributed by atoms with E-state index in [1.165, 1.54) is 25.7 Å². The second-order valence-electron chi connectivity index (χ2n) is 5.28. The van der Waals surface area contributed by atoms with Gasteiger partial charge < -0.3 is 9.29 Å². The van der Waals surface area contributed by atoms with Crippen molar-refractivity contribution in [2.24, 2.45) is 0 Å². The summed E-state index contributed by atoms with van der Waals surface area (Å²) in [5.41, 5.74) is 1.56. The molecule has 0 atom stereocenters. The molecular formula is C19H17IO5S2. The Morgan fingerprint density at radius 1 is 1.07 bits per heavy atom. The van der Waals surface area contributed by atoms with Gasteiger partial charge in [-0.3, -0.25) is 0 Å². The Kier molecular flexibility index (Phi) is 7.96. The SMILES string of the molecule is COC(=O)c1cccc([I+]c2cccs2)c1.Cc1ccc(S(=O)(=O)[O-])cc1. The summed E-state index contributed by atoms with van der Waals surface area (Å²) in [7, 11) is -2.86. The number of carbonyl (C=O) groups excluding carboxylic acids is 1. The molecule has 0 fully saturated rings. The van der Waals surface area contributed by atoms with Crippen LogP contribution in [-0.2, 0) is 14.9 Å². The maximum Gasteiger partial charge on any atom is 0.369 e. The van der Waals surface area contributed by atoms with E-state index >= 15 is 0 Å². The third-order valence-electron chi connectivity index (χ3n) is 3.24. The van der Waals surface area contributed by atoms with E-state index in [0.29, 0.717) is 5.56 Å². The molecule has 0 aliphatic heterocycles. The van der Waals surface area contributed by atoms with Gasteiger partial charge in [-0.2, -0.15) is 0 Å². The zero-order chi connectivity index (χ0) is 19.9. The van der Waals surface area contributed by atoms with E-state index in [9.17, 15) is 17.8 Å². The summed E-state index contributed by atoms with van der Waals surface area (Å²) >= 11 is 1.60. The maximum absolute atomic E-state index is 11.4. The predicted molar refractivity (Wildman–Crippen MR) is 98.6 cm³/mol. The number of esters is 1. The summed E-state index contributed by atoms with van der Waals surface area (Å²) in [5, 5.41) is 2.08. The predicted octanol–water partition coefficient (Wildman–Crippen LogP) is 0.562. The first-order valence-electron chi connectivity index (χ1n) is 7.69. The van der Waals surface area contributed by atoms with Crippen molar-refractivity contribution in [3.8, 4) is 0 Å². The van der Waals surface area contributed by atoms with Crippen LogP contribution in [0.2, 0.25) is 0 Å². The molecule has 5 nitrogen and oxygen atoms in total. The van der Waals surface area contributed by atoms with Crippen LogP contribution in [0.5, 0.6) is 0 Å². The molecule has 0 saturated heterocycles. The van der Waals surface area contributed by atoms with E-state index in [4.69, 9.17) is 4.74 Å². The van der Waals surface area contributed by atoms with Crippen molar-refractivity contribution in [2.45, 2.75) is 11.8 Å². The summed E-state index contributed by atoms with van der Waals surface area (Å²) in [5.74, 6) is -0.267. The number of benzene rings is 2. The van der Waals surface area contributed by atoms with Gasteiger partial charge in [-0.05, 0) is 42.6 Å². The molecule has 0 radical (unpaired) electrons. The van der Waals surface area contributed by atoms with Crippen molar-refractivity contribution in [1.82, 2.24) is 0 Å². The molecule has 27 heavy (non-hydrogen) atoms. The summed E-state index contributed by atoms with van der Waals surface area (Å²) < 4.78 is 38.5. The van der Waals surface area contributed by atoms with Crippen LogP contribution in [0.3, 0.4) is 0 Å². The first-order valence-corrected chi connectivity index (χ1v) is 12.1. The number of rotatable bonds is 4. The Balaban J connectivity index is 0.000000208. The summed E-state index contributed by atoms with van der Waals surface area (Å²) in [6, 6.07) is 17.7. The van der Waals surface area contributed by atoms with Crippen LogP contribution >= 0.6 is 11.3 Å². The average Bonchev–Trinajstić information content (AvgIpc) is 3.14. The number of methoxy groups -OCH3 is 1. The van der Waals surface area contributed by atoms with Gasteiger partial charge in [0, 0.05) is 12.1 Å². The Labute approximate surface area is 173 Å². The van der Waals surface area contributed by atoms with Gasteiger partial charge in [0.2, 0.25) is 2.88 Å². The molecule has 0 N–H and O–H groups in total. The van der Waals surface area contributed by atoms with Crippen molar-refractivity contribution in [1.29, 1.82) is 0 Å². The Bertz CT molecular complexity index is 981. The fraction of sp³-hybridized carbons (Fsp3) is 0.105. The lowest BCUT2D eigenvalue weighted by Gasteiger charge is -2.05. The minimum absolute atomic E-state index is 0.171. The van der Waals surface area contributed by atoms with Crippen molar-refractivity contribution in [2.75, 3.05) is 7.11 Å². The van der Waals surface area contributed by atoms with Gasteiger partial charge in [0.05, 0.1) is 17.6 Å². The monoisotopic (exact) mass is 516 g/mol. The molecule has 3 rings (SSSR count). The summed E-state index contributed by atoms with van der Waals surface area (Å²) in [6.07, 6.45) is 0. The van der Waals surface area contributed by atoms with Crippen LogP contribution in [0.25, 0.3) is 0 Å². The molecule has 8 heteroatoms. The van der Waals surface area contributed by atoms with Gasteiger partial charge in [0.25, 0.3) is 0 Å². The molecule has 0 saturated carbocycles. The van der Waals surface area contributed by atoms with E-state index in [1.54, 1.807) is 29.5 Å². The largest absolute Gasteiger partial charge is 0.744 e. The van der Waals surface area contributed by atoms with Crippen LogP contribution < -0.4 is 21.2 Å². The van der Waals surface area contributed by atoms with Crippen LogP contribution in [0.1, 0.15) is 15.9 Å². The highest BCUT2D eigenvalue weighted by molar-refractivity contribution is 7.85. The van der Waals surface area contributed by atoms with E-state index in [2.05, 4.69) is 23.6 Å². The first-order chi connectivity index (χ1) is 12.8. The first kappa shape index (κ1) is 21.5. The number of thiophene rings is 1. The molecule has 3 aromatic rings. The van der Waals surface area contributed by atoms with Gasteiger partial charge in [0.15, 0.2) is 3.57 Å². The normalized spacial score (nSPS) is 10.6. The van der Waals surface area contributed by atoms with Crippen molar-refractivity contribution < 1.29 is 43.7 Å². The molecule has 1 heterocycles. The van der Waals surface area contributed by atoms with Crippen molar-refractivity contribution in [3.05, 3.63) is 83.6 Å². The molecule has 1 aromatic heterocycles. The fourth-order valence-corrected chi connectivity index (χ4v) is 6.17. The molecular weight excluding hydrogens is 499 g/mol. The quantitative estimate of drug-likeness (QED) is 0.288. The molecule has 2 aromatic carbocycles. The van der Waals surface area contributed by atoms with Gasteiger partial charge in [0.1, 0.15) is 10.1 Å². The Hall–Kier alpha value is -1.75. The van der Waals surface area contributed by atoms with Gasteiger partial charge in [-0.25, -0.2) is 13.2 Å². The van der Waals surface area contributed by atoms with Crippen LogP contribution in [0.4, 0.5) is 0 Å². The third kappa shape index (κ3) is 7.06. The highest BCUT2D eigenvalue weighted by Gasteiger charge is 2.18. The summed E-state index contributed by atoms with van der Waals surface area (Å²) in [4.78, 5) is 11.2. The van der Waals surface area contributed by atoms with Gasteiger partial charge >= 0.3 is 27.2 Å². The van der Waals surface area contributed by atoms with E-state index in [-0.39, 0.29) is 32.1 Å². The lowest BCUT2D eigenvalue weighted by Crippen LogP contribution is -3.61. The molecule has 0 unspecified atom stereocenters. The molecule has 0 aliphatic rings. The zero-order valence-electron chi connectivity index (χ0n) is 14.6. The highest BCUT2D eigenvalue weighted by atomic mass is 127. The number of carbonyl (C=O) groups is 1. The van der Waals surface area contributed by atoms with Crippen LogP contribution in [0, 0.1) is 13.4 Å². The van der Waals surface area contributed by atoms with E-state index in [0.717, 1.165) is 5.56 Å². The molecule has 0 spiro atoms. The minimum Gasteiger partial charge on any atom is -0.744 e. The molecule has 0 aliphatic carbocycles. The highest BCUT2D eigenvalue weighted by Crippen LogP contribution is 2.08. The number of ether oxygens (including phenoxy) is 1. The molecule has 0 bridgehead atoms. The summed E-state index contributed by atoms with van der Waals surface area (Å²) in [6.45, 7) is 1.82. The molecule has 142 valence electrons. The van der Waals surface area contributed by atoms with Gasteiger partial charge in [-0.15, -0.1) is 0 Å². The minimum atomic E-state index is -4.27. The fourth-order valence-electron chi connectivity index (χ4n) is 1.92. The van der Waals surface area contributed by atoms with Crippen LogP contribution in [-0.4, -0.2) is 26.0 Å². The smallest absolute Gasteiger partial charge is 0.369 e. The maximum atomic E-state index is 11.4. The number of hydrogen-bond donors (Lipinski definition) is 0. The lowest BCUT2D eigenvalue weighted by molar-refractivity contribution is -0.591. The van der Waals surface area contributed by atoms with E-state index in [1.807, 2.05) is 19.1 Å². The van der Waals surface area contributed by atoms with E-state index < -0.39 is 10.1 Å². The van der Waals surface area contributed by atoms with Crippen LogP contribution in [0.15, 0.2) is 70.9 Å². The zero-order valence-corrected chi connectivity index (χ0v) is 18.4. The Morgan fingerprint density at radius 3 is 2.33 bits per heavy atom. The lowest BCUT2D eigenvalue weighted by atomic mass is 10.2. The van der Waals surface area contributed by atoms with Crippen molar-refractivity contribution >= 4 is 27.4 Å². The topological polar surface area (TPSA) is 83.5 Å². The Morgan fingerprint density at radius 2 is 1.78 bits per heavy atom. The van der Waals surface area contributed by atoms with Gasteiger partial charge in [-0.1, -0.05) is 35.1 Å². The third-order valence-corrected chi connectivity index (χ3v) is 8.21. The number of halogens is 1. The average molecular weight is 516 g/mol. The standard InChI is InChI=1S/C12H10IO2S.C7H8O3S/c1-15-12(14)9-4-2-5-10(8-9)13-11-6-3-7-16-11;1-6-2-4-7(5-3-6)11(8,9)10/h2-8H,1H3;2-5H,1H3,(H,8,9,10)/q+1;/p-1. The number of aryl methyl sites for hydroxylation is 1.